The minimum Gasteiger partial charge on any atom is -0.492 e. The van der Waals surface area contributed by atoms with Crippen LogP contribution < -0.4 is 20.3 Å². The molecule has 2 aromatic heterocycles. The molecule has 2 radical (unpaired) electrons. The van der Waals surface area contributed by atoms with Crippen LogP contribution in [0.4, 0.5) is 10.2 Å². The van der Waals surface area contributed by atoms with E-state index in [1.54, 1.807) is 13.0 Å². The van der Waals surface area contributed by atoms with Gasteiger partial charge >= 0.3 is 0 Å². The van der Waals surface area contributed by atoms with Gasteiger partial charge < -0.3 is 30.0 Å². The van der Waals surface area contributed by atoms with Gasteiger partial charge in [0.1, 0.15) is 47.1 Å². The van der Waals surface area contributed by atoms with E-state index in [-0.39, 0.29) is 46.9 Å². The van der Waals surface area contributed by atoms with Crippen LogP contribution in [0.1, 0.15) is 24.3 Å². The predicted octanol–water partition coefficient (Wildman–Crippen LogP) is 0.492. The summed E-state index contributed by atoms with van der Waals surface area (Å²) < 4.78 is 51.1. The standard InChI is InChI=1S/C21H21FN6O6S.ClH/c1-2-33-14-5-3-4-13(22)12(14)7-6-11-9-28(20-16(11)19(23)25-10-26-20)21-18(30)17(29)15(34-21)8-27-35(24,31)32;/h3-5,9-10,17,21,27,29-30H,2,8H2,1H3,(H2,23,25,26)(H2,24,31,32);1H/t17-,21-;/m1./s1. The number of halogens is 2. The highest BCUT2D eigenvalue weighted by Crippen LogP contribution is 2.41. The number of aliphatic hydroxyl groups is 2. The molecule has 3 heterocycles. The number of ether oxygens (including phenoxy) is 2. The Bertz CT molecular complexity index is 1430. The summed E-state index contributed by atoms with van der Waals surface area (Å²) in [7, 11) is -4.07. The Labute approximate surface area is 212 Å². The maximum absolute atomic E-state index is 14.4. The van der Waals surface area contributed by atoms with E-state index in [0.29, 0.717) is 12.0 Å². The van der Waals surface area contributed by atoms with Crippen LogP contribution in [0.15, 0.2) is 30.7 Å². The molecule has 0 unspecified atom stereocenters. The van der Waals surface area contributed by atoms with Crippen LogP contribution in [-0.2, 0) is 14.9 Å². The van der Waals surface area contributed by atoms with Crippen LogP contribution >= 0.6 is 12.4 Å². The number of fused-ring (bicyclic) bond motifs is 1. The highest BCUT2D eigenvalue weighted by Gasteiger charge is 2.46. The SMILES string of the molecule is CCOc1cccc(F)c1C#Cc1cn([C@@H]2O[C](CNS(N)(=O)=O)[C@@H](O)[C]2O)c2ncnc(N)c12.Cl. The van der Waals surface area contributed by atoms with Crippen LogP contribution in [0, 0.1) is 29.9 Å². The Morgan fingerprint density at radius 1 is 1.33 bits per heavy atom. The number of nitrogens with two attached hydrogens (primary N) is 2. The quantitative estimate of drug-likeness (QED) is 0.277. The summed E-state index contributed by atoms with van der Waals surface area (Å²) in [4.78, 5) is 8.14. The van der Waals surface area contributed by atoms with Gasteiger partial charge in [0.2, 0.25) is 0 Å². The van der Waals surface area contributed by atoms with Crippen molar-refractivity contribution in [3.05, 3.63) is 59.9 Å². The second kappa shape index (κ2) is 10.9. The van der Waals surface area contributed by atoms with Crippen molar-refractivity contribution >= 4 is 39.5 Å². The van der Waals surface area contributed by atoms with E-state index in [1.165, 1.54) is 29.2 Å². The Hall–Kier alpha value is -3.03. The molecule has 0 spiro atoms. The fourth-order valence-corrected chi connectivity index (χ4v) is 3.83. The first kappa shape index (κ1) is 27.6. The Morgan fingerprint density at radius 2 is 2.08 bits per heavy atom. The summed E-state index contributed by atoms with van der Waals surface area (Å²) in [5.41, 5.74) is 6.57. The first-order chi connectivity index (χ1) is 16.6. The summed E-state index contributed by atoms with van der Waals surface area (Å²) in [5, 5.41) is 26.0. The van der Waals surface area contributed by atoms with Gasteiger partial charge in [-0.15, -0.1) is 12.4 Å². The smallest absolute Gasteiger partial charge is 0.274 e. The van der Waals surface area contributed by atoms with Crippen molar-refractivity contribution in [2.75, 3.05) is 18.9 Å². The molecule has 0 saturated carbocycles. The number of hydrogen-bond acceptors (Lipinski definition) is 9. The number of anilines is 1. The maximum atomic E-state index is 14.4. The lowest BCUT2D eigenvalue weighted by Gasteiger charge is -2.16. The fraction of sp³-hybridized carbons (Fsp3) is 0.238. The first-order valence-corrected chi connectivity index (χ1v) is 11.7. The summed E-state index contributed by atoms with van der Waals surface area (Å²) in [6.45, 7) is 1.60. The fourth-order valence-electron chi connectivity index (χ4n) is 3.49. The highest BCUT2D eigenvalue weighted by atomic mass is 35.5. The summed E-state index contributed by atoms with van der Waals surface area (Å²) >= 11 is 0. The lowest BCUT2D eigenvalue weighted by Crippen LogP contribution is -2.36. The number of rotatable bonds is 6. The number of aromatic nitrogens is 3. The van der Waals surface area contributed by atoms with Crippen molar-refractivity contribution in [1.82, 2.24) is 19.3 Å². The van der Waals surface area contributed by atoms with Crippen LogP contribution in [0.5, 0.6) is 5.75 Å². The molecule has 0 amide bonds. The van der Waals surface area contributed by atoms with Crippen molar-refractivity contribution in [3.8, 4) is 17.6 Å². The number of aliphatic hydroxyl groups excluding tert-OH is 2. The number of nitrogens with one attached hydrogen (secondary N) is 1. The number of benzene rings is 1. The second-order valence-corrected chi connectivity index (χ2v) is 8.71. The van der Waals surface area contributed by atoms with Gasteiger partial charge in [0.05, 0.1) is 17.6 Å². The maximum Gasteiger partial charge on any atom is 0.274 e. The van der Waals surface area contributed by atoms with Gasteiger partial charge in [0.15, 0.2) is 12.3 Å². The zero-order chi connectivity index (χ0) is 25.3. The molecule has 1 aliphatic rings. The number of nitrogens with zero attached hydrogens (tertiary/aromatic N) is 3. The van der Waals surface area contributed by atoms with E-state index in [4.69, 9.17) is 20.3 Å². The molecule has 192 valence electrons. The van der Waals surface area contributed by atoms with Crippen molar-refractivity contribution in [3.63, 3.8) is 0 Å². The second-order valence-electron chi connectivity index (χ2n) is 7.33. The topological polar surface area (TPSA) is 188 Å². The minimum absolute atomic E-state index is 0. The zero-order valence-electron chi connectivity index (χ0n) is 18.7. The van der Waals surface area contributed by atoms with Gasteiger partial charge in [0.25, 0.3) is 10.2 Å². The molecule has 0 aliphatic carbocycles. The molecule has 1 fully saturated rings. The average Bonchev–Trinajstić information content (AvgIpc) is 3.30. The van der Waals surface area contributed by atoms with E-state index >= 15 is 0 Å². The lowest BCUT2D eigenvalue weighted by molar-refractivity contribution is 0.0388. The molecular weight excluding hydrogens is 519 g/mol. The van der Waals surface area contributed by atoms with Crippen molar-refractivity contribution in [2.24, 2.45) is 5.14 Å². The molecule has 36 heavy (non-hydrogen) atoms. The largest absolute Gasteiger partial charge is 0.492 e. The normalized spacial score (nSPS) is 18.6. The molecule has 4 rings (SSSR count). The third-order valence-electron chi connectivity index (χ3n) is 5.04. The van der Waals surface area contributed by atoms with E-state index in [0.717, 1.165) is 0 Å². The van der Waals surface area contributed by atoms with Gasteiger partial charge in [-0.2, -0.15) is 13.1 Å². The summed E-state index contributed by atoms with van der Waals surface area (Å²) in [6, 6.07) is 4.34. The molecule has 0 bridgehead atoms. The third kappa shape index (κ3) is 5.52. The average molecular weight is 541 g/mol. The number of hydrogen-bond donors (Lipinski definition) is 5. The van der Waals surface area contributed by atoms with Crippen molar-refractivity contribution < 1.29 is 32.5 Å². The van der Waals surface area contributed by atoms with Gasteiger partial charge in [0, 0.05) is 12.7 Å². The van der Waals surface area contributed by atoms with E-state index < -0.39 is 41.0 Å². The van der Waals surface area contributed by atoms with Crippen LogP contribution in [0.25, 0.3) is 11.0 Å². The molecule has 1 aromatic carbocycles. The van der Waals surface area contributed by atoms with Crippen LogP contribution in [0.2, 0.25) is 0 Å². The van der Waals surface area contributed by atoms with Crippen LogP contribution in [0.3, 0.4) is 0 Å². The Balaban J connectivity index is 0.00000361. The minimum atomic E-state index is -4.07. The molecule has 12 nitrogen and oxygen atoms in total. The molecule has 2 atom stereocenters. The van der Waals surface area contributed by atoms with E-state index in [2.05, 4.69) is 21.8 Å². The summed E-state index contributed by atoms with van der Waals surface area (Å²) in [6.07, 6.45) is -0.989. The lowest BCUT2D eigenvalue weighted by atomic mass is 10.1. The van der Waals surface area contributed by atoms with Gasteiger partial charge in [-0.3, -0.25) is 0 Å². The third-order valence-corrected chi connectivity index (χ3v) is 5.58. The Morgan fingerprint density at radius 3 is 2.78 bits per heavy atom. The van der Waals surface area contributed by atoms with Crippen LogP contribution in [-0.4, -0.2) is 52.4 Å². The molecule has 1 saturated heterocycles. The van der Waals surface area contributed by atoms with Gasteiger partial charge in [-0.25, -0.2) is 19.5 Å². The van der Waals surface area contributed by atoms with Gasteiger partial charge in [-0.1, -0.05) is 17.9 Å². The van der Waals surface area contributed by atoms with Gasteiger partial charge in [-0.05, 0) is 19.1 Å². The molecule has 7 N–H and O–H groups in total. The van der Waals surface area contributed by atoms with Crippen molar-refractivity contribution in [2.45, 2.75) is 19.3 Å². The van der Waals surface area contributed by atoms with E-state index in [1.807, 2.05) is 4.72 Å². The first-order valence-electron chi connectivity index (χ1n) is 10.2. The Kier molecular flexibility index (Phi) is 8.37. The molecule has 15 heteroatoms. The molecular formula is C21H22ClFN6O6S. The predicted molar refractivity (Wildman–Crippen MR) is 128 cm³/mol. The zero-order valence-corrected chi connectivity index (χ0v) is 20.3. The monoisotopic (exact) mass is 540 g/mol. The van der Waals surface area contributed by atoms with Crippen molar-refractivity contribution in [1.29, 1.82) is 0 Å². The van der Waals surface area contributed by atoms with E-state index in [9.17, 15) is 23.0 Å². The highest BCUT2D eigenvalue weighted by molar-refractivity contribution is 7.87. The summed E-state index contributed by atoms with van der Waals surface area (Å²) in [5.74, 6) is 5.33. The number of nitrogen functional groups attached to an aromatic ring is 1. The molecule has 3 aromatic rings. The molecule has 1 aliphatic heterocycles.